The molecule has 3 rings (SSSR count). The van der Waals surface area contributed by atoms with Crippen LogP contribution in [0.3, 0.4) is 0 Å². The minimum absolute atomic E-state index is 0.0193. The van der Waals surface area contributed by atoms with Gasteiger partial charge < -0.3 is 10.2 Å². The fraction of sp³-hybridized carbons (Fsp3) is 0.636. The van der Waals surface area contributed by atoms with E-state index in [1.807, 2.05) is 29.2 Å². The number of piperidine rings is 1. The molecule has 1 aromatic rings. The Morgan fingerprint density at radius 1 is 1.03 bits per heavy atom. The minimum atomic E-state index is 0.0193. The lowest BCUT2D eigenvalue weighted by molar-refractivity contribution is -0.135. The summed E-state index contributed by atoms with van der Waals surface area (Å²) >= 11 is 5.98. The van der Waals surface area contributed by atoms with Crippen molar-refractivity contribution in [3.63, 3.8) is 0 Å². The Labute approximate surface area is 179 Å². The summed E-state index contributed by atoms with van der Waals surface area (Å²) in [6.45, 7) is 10.9. The summed E-state index contributed by atoms with van der Waals surface area (Å²) in [6, 6.07) is 7.52. The molecular weight excluding hydrogens is 388 g/mol. The van der Waals surface area contributed by atoms with Crippen molar-refractivity contribution < 1.29 is 9.59 Å². The van der Waals surface area contributed by atoms with Gasteiger partial charge in [0.05, 0.1) is 13.1 Å². The molecule has 0 radical (unpaired) electrons. The highest BCUT2D eigenvalue weighted by atomic mass is 35.5. The first-order chi connectivity index (χ1) is 13.9. The molecule has 2 heterocycles. The number of likely N-dealkylation sites (tertiary alicyclic amines) is 1. The van der Waals surface area contributed by atoms with Crippen molar-refractivity contribution in [2.24, 2.45) is 11.8 Å². The molecule has 2 saturated heterocycles. The third-order valence-electron chi connectivity index (χ3n) is 5.79. The molecule has 29 heavy (non-hydrogen) atoms. The molecule has 7 heteroatoms. The number of carbonyl (C=O) groups is 2. The fourth-order valence-electron chi connectivity index (χ4n) is 4.37. The quantitative estimate of drug-likeness (QED) is 0.765. The second kappa shape index (κ2) is 10.4. The number of nitrogens with zero attached hydrogens (tertiary/aromatic N) is 3. The normalized spacial score (nSPS) is 23.8. The van der Waals surface area contributed by atoms with Crippen molar-refractivity contribution in [3.8, 4) is 0 Å². The van der Waals surface area contributed by atoms with Gasteiger partial charge in [0.25, 0.3) is 0 Å². The van der Waals surface area contributed by atoms with Crippen LogP contribution in [0.4, 0.5) is 0 Å². The molecule has 0 bridgehead atoms. The van der Waals surface area contributed by atoms with E-state index in [9.17, 15) is 9.59 Å². The zero-order valence-electron chi connectivity index (χ0n) is 17.6. The standard InChI is InChI=1S/C22H33ClN4O2/c1-17-10-18(2)14-27(13-17)22(29)16-26-8-6-25(7-9-26)15-21(28)24-12-19-4-3-5-20(23)11-19/h3-5,11,17-18H,6-10,12-16H2,1-2H3,(H,24,28). The molecule has 2 unspecified atom stereocenters. The lowest BCUT2D eigenvalue weighted by atomic mass is 9.92. The molecule has 2 fully saturated rings. The predicted octanol–water partition coefficient (Wildman–Crippen LogP) is 2.08. The van der Waals surface area contributed by atoms with Crippen LogP contribution in [-0.2, 0) is 16.1 Å². The second-order valence-electron chi connectivity index (χ2n) is 8.70. The van der Waals surface area contributed by atoms with E-state index in [1.165, 1.54) is 6.42 Å². The third-order valence-corrected chi connectivity index (χ3v) is 6.03. The molecule has 2 atom stereocenters. The Kier molecular flexibility index (Phi) is 7.92. The van der Waals surface area contributed by atoms with Crippen molar-refractivity contribution >= 4 is 23.4 Å². The topological polar surface area (TPSA) is 55.9 Å². The smallest absolute Gasteiger partial charge is 0.236 e. The molecule has 0 saturated carbocycles. The highest BCUT2D eigenvalue weighted by Crippen LogP contribution is 2.21. The molecule has 2 aliphatic rings. The van der Waals surface area contributed by atoms with Gasteiger partial charge in [0, 0.05) is 50.8 Å². The van der Waals surface area contributed by atoms with E-state index in [0.29, 0.717) is 36.5 Å². The van der Waals surface area contributed by atoms with Crippen molar-refractivity contribution in [3.05, 3.63) is 34.9 Å². The molecule has 2 amide bonds. The fourth-order valence-corrected chi connectivity index (χ4v) is 4.58. The van der Waals surface area contributed by atoms with Crippen LogP contribution in [-0.4, -0.2) is 78.9 Å². The number of nitrogens with one attached hydrogen (secondary N) is 1. The number of rotatable bonds is 6. The lowest BCUT2D eigenvalue weighted by Gasteiger charge is -2.38. The monoisotopic (exact) mass is 420 g/mol. The maximum atomic E-state index is 12.7. The average molecular weight is 421 g/mol. The molecule has 0 aromatic heterocycles. The van der Waals surface area contributed by atoms with Gasteiger partial charge in [0.2, 0.25) is 11.8 Å². The van der Waals surface area contributed by atoms with Gasteiger partial charge in [-0.3, -0.25) is 19.4 Å². The van der Waals surface area contributed by atoms with Gasteiger partial charge in [-0.2, -0.15) is 0 Å². The van der Waals surface area contributed by atoms with Gasteiger partial charge in [-0.05, 0) is 36.0 Å². The van der Waals surface area contributed by atoms with Gasteiger partial charge in [0.1, 0.15) is 0 Å². The van der Waals surface area contributed by atoms with Gasteiger partial charge >= 0.3 is 0 Å². The molecule has 160 valence electrons. The first-order valence-electron chi connectivity index (χ1n) is 10.6. The number of hydrogen-bond donors (Lipinski definition) is 1. The molecule has 1 N–H and O–H groups in total. The first kappa shape index (κ1) is 22.1. The van der Waals surface area contributed by atoms with Crippen LogP contribution in [0.25, 0.3) is 0 Å². The van der Waals surface area contributed by atoms with Crippen LogP contribution in [0, 0.1) is 11.8 Å². The average Bonchev–Trinajstić information content (AvgIpc) is 2.67. The number of benzene rings is 1. The maximum absolute atomic E-state index is 12.7. The summed E-state index contributed by atoms with van der Waals surface area (Å²) in [6.07, 6.45) is 1.21. The molecule has 2 aliphatic heterocycles. The number of hydrogen-bond acceptors (Lipinski definition) is 4. The van der Waals surface area contributed by atoms with Gasteiger partial charge in [-0.15, -0.1) is 0 Å². The van der Waals surface area contributed by atoms with E-state index in [2.05, 4.69) is 29.0 Å². The molecule has 0 aliphatic carbocycles. The highest BCUT2D eigenvalue weighted by Gasteiger charge is 2.27. The highest BCUT2D eigenvalue weighted by molar-refractivity contribution is 6.30. The number of amides is 2. The van der Waals surface area contributed by atoms with Crippen molar-refractivity contribution in [2.75, 3.05) is 52.4 Å². The van der Waals surface area contributed by atoms with Crippen molar-refractivity contribution in [1.82, 2.24) is 20.0 Å². The SMILES string of the molecule is CC1CC(C)CN(C(=O)CN2CCN(CC(=O)NCc3cccc(Cl)c3)CC2)C1. The number of piperazine rings is 1. The van der Waals surface area contributed by atoms with Crippen LogP contribution in [0.5, 0.6) is 0 Å². The summed E-state index contributed by atoms with van der Waals surface area (Å²) in [5, 5.41) is 3.63. The number of carbonyl (C=O) groups excluding carboxylic acids is 2. The largest absolute Gasteiger partial charge is 0.351 e. The van der Waals surface area contributed by atoms with Gasteiger partial charge in [0.15, 0.2) is 0 Å². The summed E-state index contributed by atoms with van der Waals surface area (Å²) in [5.74, 6) is 1.44. The summed E-state index contributed by atoms with van der Waals surface area (Å²) in [4.78, 5) is 31.3. The second-order valence-corrected chi connectivity index (χ2v) is 9.14. The predicted molar refractivity (Wildman–Crippen MR) is 116 cm³/mol. The zero-order valence-corrected chi connectivity index (χ0v) is 18.3. The van der Waals surface area contributed by atoms with Gasteiger partial charge in [-0.25, -0.2) is 0 Å². The van der Waals surface area contributed by atoms with E-state index < -0.39 is 0 Å². The van der Waals surface area contributed by atoms with Crippen LogP contribution >= 0.6 is 11.6 Å². The van der Waals surface area contributed by atoms with E-state index in [4.69, 9.17) is 11.6 Å². The Bertz CT molecular complexity index is 696. The Morgan fingerprint density at radius 3 is 2.28 bits per heavy atom. The van der Waals surface area contributed by atoms with E-state index in [-0.39, 0.29) is 11.8 Å². The first-order valence-corrected chi connectivity index (χ1v) is 11.0. The van der Waals surface area contributed by atoms with Gasteiger partial charge in [-0.1, -0.05) is 37.6 Å². The van der Waals surface area contributed by atoms with Crippen LogP contribution in [0.1, 0.15) is 25.8 Å². The van der Waals surface area contributed by atoms with E-state index in [0.717, 1.165) is 44.8 Å². The zero-order chi connectivity index (χ0) is 20.8. The van der Waals surface area contributed by atoms with Crippen molar-refractivity contribution in [2.45, 2.75) is 26.8 Å². The maximum Gasteiger partial charge on any atom is 0.236 e. The van der Waals surface area contributed by atoms with Crippen LogP contribution < -0.4 is 5.32 Å². The summed E-state index contributed by atoms with van der Waals surface area (Å²) in [7, 11) is 0. The Balaban J connectivity index is 1.35. The van der Waals surface area contributed by atoms with Crippen LogP contribution in [0.2, 0.25) is 5.02 Å². The van der Waals surface area contributed by atoms with Crippen LogP contribution in [0.15, 0.2) is 24.3 Å². The number of halogens is 1. The molecule has 6 nitrogen and oxygen atoms in total. The molecular formula is C22H33ClN4O2. The molecule has 1 aromatic carbocycles. The lowest BCUT2D eigenvalue weighted by Crippen LogP contribution is -2.53. The summed E-state index contributed by atoms with van der Waals surface area (Å²) in [5.41, 5.74) is 0.996. The van der Waals surface area contributed by atoms with Crippen molar-refractivity contribution in [1.29, 1.82) is 0 Å². The van der Waals surface area contributed by atoms with E-state index in [1.54, 1.807) is 0 Å². The Hall–Kier alpha value is -1.63. The summed E-state index contributed by atoms with van der Waals surface area (Å²) < 4.78 is 0. The van der Waals surface area contributed by atoms with E-state index >= 15 is 0 Å². The minimum Gasteiger partial charge on any atom is -0.351 e. The molecule has 0 spiro atoms. The Morgan fingerprint density at radius 2 is 1.66 bits per heavy atom. The third kappa shape index (κ3) is 6.98.